The highest BCUT2D eigenvalue weighted by Gasteiger charge is 2.28. The number of halogens is 3. The molecular weight excluding hydrogens is 1710 g/mol. The van der Waals surface area contributed by atoms with Crippen LogP contribution in [0.25, 0.3) is 22.1 Å². The number of benzene rings is 7. The maximum atomic E-state index is 13.8. The number of nitrogens with zero attached hydrogens (tertiary/aromatic N) is 5. The van der Waals surface area contributed by atoms with Crippen LogP contribution in [-0.4, -0.2) is 112 Å². The molecule has 132 heavy (non-hydrogen) atoms. The van der Waals surface area contributed by atoms with E-state index in [-0.39, 0.29) is 36.4 Å². The normalized spacial score (nSPS) is 10.5. The van der Waals surface area contributed by atoms with Crippen molar-refractivity contribution < 1.29 is 33.9 Å². The fourth-order valence-electron chi connectivity index (χ4n) is 14.9. The summed E-state index contributed by atoms with van der Waals surface area (Å²) in [5.41, 5.74) is 39.3. The number of nitrogens with two attached hydrogens (primary N) is 4. The predicted molar refractivity (Wildman–Crippen MR) is 570 cm³/mol. The first-order chi connectivity index (χ1) is 62.1. The van der Waals surface area contributed by atoms with E-state index >= 15 is 0 Å². The third kappa shape index (κ3) is 51.2. The van der Waals surface area contributed by atoms with Gasteiger partial charge in [0.2, 0.25) is 11.1 Å². The number of aromatic nitrogens is 4. The molecule has 2 aromatic heterocycles. The maximum Gasteiger partial charge on any atom is 0.300 e. The number of rotatable bonds is 39. The number of carbonyl (C=O) groups excluding carboxylic acids is 5. The first-order valence-corrected chi connectivity index (χ1v) is 49.1. The molecule has 0 unspecified atom stereocenters. The summed E-state index contributed by atoms with van der Waals surface area (Å²) >= 11 is 15.0. The molecule has 21 nitrogen and oxygen atoms in total. The van der Waals surface area contributed by atoms with E-state index in [1.54, 1.807) is 12.1 Å². The van der Waals surface area contributed by atoms with Gasteiger partial charge in [-0.15, -0.1) is 11.6 Å². The first kappa shape index (κ1) is 125. The van der Waals surface area contributed by atoms with Crippen LogP contribution in [0.3, 0.4) is 0 Å². The molecule has 0 radical (unpaired) electrons. The van der Waals surface area contributed by atoms with Crippen molar-refractivity contribution in [3.8, 4) is 0 Å². The largest absolute Gasteiger partial charge is 0.481 e. The first-order valence-electron chi connectivity index (χ1n) is 47.8. The van der Waals surface area contributed by atoms with Crippen molar-refractivity contribution in [2.24, 2.45) is 5.73 Å². The molecule has 0 atom stereocenters. The molecule has 0 aliphatic rings. The molecule has 0 saturated carbocycles. The summed E-state index contributed by atoms with van der Waals surface area (Å²) in [6, 6.07) is 51.4. The van der Waals surface area contributed by atoms with E-state index in [1.807, 2.05) is 160 Å². The summed E-state index contributed by atoms with van der Waals surface area (Å²) in [6.07, 6.45) is 22.4. The standard InChI is InChI=1S/C28H39N3O.C18H31N3O.C18H29N3.C13H22N2.C10H11ClO.C7H14O.C6H8N2.C3H9N.C2H2Cl2O.C2H4O2.CH4/c1-8-12-23(13-9-2)31-25-15-11-10-14-24(25)29-26(31)18-30(19(3)4)28(32)27-21(6)16-20(5)17-22(27)7;1-5-9-15(10-6-2)20-16-11-7-8-12-17(16)21-18(22)13-19-14(3)4;1-5-9-15(10-6-2)21-17-12-8-7-11-16(17)20-18(21)13-19-14(3)4;1-3-7-11(8-4-2)15-13-10-6-5-9-12(13)14;1-6-4-7(2)9(10(11)12)8(3)5-6;1-3-5-7(8)6-4-2;7-5-3-1-2-4-6(5)8;1-3(2)4;3-1-2(4)5;1-2(3)4;/h10-11,14-17,19,23H,8-9,12-13,18H2,1-7H3;7-8,11-12,14-15,19-20H,5-6,9-10,13H2,1-4H3,(H,21,22);7-8,11-12,14-15,19H,5-6,9-10,13H2,1-4H3;5-6,9-11,15H,3-4,7-8,14H2,1-2H3;4-5H,1-3H3;3-6H2,1-2H3;1-4H,7-8H2;3H,4H2,1-2H3;1H2;1H3,(H,3,4);1H4. The number of nitrogens with one attached hydrogen (secondary N) is 5. The Bertz CT molecular complexity index is 4590. The second-order valence-electron chi connectivity index (χ2n) is 34.6. The Labute approximate surface area is 811 Å². The number of imidazole rings is 2. The molecule has 0 bridgehead atoms. The van der Waals surface area contributed by atoms with Gasteiger partial charge in [0, 0.05) is 73.2 Å². The Balaban J connectivity index is 0. The number of anilines is 6. The highest BCUT2D eigenvalue weighted by atomic mass is 35.5. The monoisotopic (exact) mass is 1880 g/mol. The highest BCUT2D eigenvalue weighted by molar-refractivity contribution is 6.68. The molecule has 0 saturated heterocycles. The van der Waals surface area contributed by atoms with Crippen LogP contribution >= 0.6 is 34.8 Å². The summed E-state index contributed by atoms with van der Waals surface area (Å²) in [5, 5.41) is 23.3. The number of para-hydroxylation sites is 10. The minimum Gasteiger partial charge on any atom is -0.481 e. The van der Waals surface area contributed by atoms with Gasteiger partial charge in [-0.2, -0.15) is 0 Å². The maximum absolute atomic E-state index is 13.8. The highest BCUT2D eigenvalue weighted by Crippen LogP contribution is 2.33. The molecule has 738 valence electrons. The van der Waals surface area contributed by atoms with Gasteiger partial charge in [-0.05, 0) is 232 Å². The van der Waals surface area contributed by atoms with Gasteiger partial charge in [-0.1, -0.05) is 266 Å². The van der Waals surface area contributed by atoms with Crippen LogP contribution in [0.4, 0.5) is 34.1 Å². The van der Waals surface area contributed by atoms with Crippen molar-refractivity contribution in [2.75, 3.05) is 45.6 Å². The molecule has 9 rings (SSSR count). The molecule has 14 N–H and O–H groups in total. The molecule has 0 aliphatic carbocycles. The molecule has 24 heteroatoms. The van der Waals surface area contributed by atoms with E-state index < -0.39 is 11.2 Å². The lowest BCUT2D eigenvalue weighted by molar-refractivity contribution is -0.134. The van der Waals surface area contributed by atoms with Gasteiger partial charge in [-0.25, -0.2) is 9.97 Å². The van der Waals surface area contributed by atoms with Crippen molar-refractivity contribution in [1.29, 1.82) is 0 Å². The average molecular weight is 1890 g/mol. The van der Waals surface area contributed by atoms with Crippen molar-refractivity contribution >= 4 is 125 Å². The molecule has 2 heterocycles. The smallest absolute Gasteiger partial charge is 0.300 e. The van der Waals surface area contributed by atoms with Crippen LogP contribution in [-0.2, 0) is 32.3 Å². The minimum absolute atomic E-state index is 0. The average Bonchev–Trinajstić information content (AvgIpc) is 1.65. The Morgan fingerprint density at radius 1 is 0.455 bits per heavy atom. The van der Waals surface area contributed by atoms with Crippen LogP contribution in [0.5, 0.6) is 0 Å². The van der Waals surface area contributed by atoms with Crippen molar-refractivity contribution in [3.05, 3.63) is 202 Å². The van der Waals surface area contributed by atoms with Crippen molar-refractivity contribution in [1.82, 2.24) is 34.6 Å². The van der Waals surface area contributed by atoms with Gasteiger partial charge in [0.15, 0.2) is 0 Å². The zero-order valence-corrected chi connectivity index (χ0v) is 86.8. The topological polar surface area (TPSA) is 326 Å². The Morgan fingerprint density at radius 2 is 0.780 bits per heavy atom. The number of carbonyl (C=O) groups is 6. The SMILES string of the molecule is C.CC(=O)O.CC(C)N.CCCC(=O)CCC.CCCC(CCC)Nc1ccccc1N.CCCC(CCC)Nc1ccccc1NC(=O)CNC(C)C.CCCC(CCC)n1c(CN(C(=O)c2c(C)cc(C)cc2C)C(C)C)nc2ccccc21.CCCC(CCC)n1c(CNC(C)C)nc2ccccc21.Cc1cc(C)c(C(=O)Cl)c(C)c1.Nc1ccccc1N.O=C(Cl)CCl. The third-order valence-corrected chi connectivity index (χ3v) is 21.1. The second kappa shape index (κ2) is 72.2. The van der Waals surface area contributed by atoms with Crippen LogP contribution < -0.4 is 49.5 Å². The quantitative estimate of drug-likeness (QED) is 0.00972. The number of Topliss-reactive ketones (excluding diaryl/α,β-unsaturated/α-hetero) is 1. The lowest BCUT2D eigenvalue weighted by Gasteiger charge is -2.29. The van der Waals surface area contributed by atoms with E-state index in [4.69, 9.17) is 77.6 Å². The molecule has 0 aliphatic heterocycles. The predicted octanol–water partition coefficient (Wildman–Crippen LogP) is 27.6. The molecule has 0 spiro atoms. The van der Waals surface area contributed by atoms with Gasteiger partial charge < -0.3 is 68.7 Å². The number of ketones is 1. The summed E-state index contributed by atoms with van der Waals surface area (Å²) in [4.78, 5) is 77.7. The number of alkyl halides is 1. The van der Waals surface area contributed by atoms with E-state index in [0.717, 1.165) is 164 Å². The number of hydrogen-bond donors (Lipinski definition) is 10. The number of fused-ring (bicyclic) bond motifs is 2. The zero-order chi connectivity index (χ0) is 99.3. The minimum atomic E-state index is -0.833. The lowest BCUT2D eigenvalue weighted by atomic mass is 9.98. The van der Waals surface area contributed by atoms with Crippen LogP contribution in [0, 0.1) is 41.5 Å². The Kier molecular flexibility index (Phi) is 68.2. The zero-order valence-electron chi connectivity index (χ0n) is 84.5. The summed E-state index contributed by atoms with van der Waals surface area (Å²) in [6.45, 7) is 53.2. The summed E-state index contributed by atoms with van der Waals surface area (Å²) in [7, 11) is 0. The number of carboxylic acids is 1. The number of nitrogen functional groups attached to an aromatic ring is 3. The van der Waals surface area contributed by atoms with Gasteiger partial charge in [-0.3, -0.25) is 28.8 Å². The van der Waals surface area contributed by atoms with Crippen LogP contribution in [0.1, 0.15) is 345 Å². The molecule has 2 amide bonds. The summed E-state index contributed by atoms with van der Waals surface area (Å²) in [5.74, 6) is 1.73. The molecular formula is C108H173Cl3N14O7. The number of aryl methyl sites for hydroxylation is 6. The molecule has 0 fully saturated rings. The number of carboxylic acid groups (broad SMARTS) is 1. The Hall–Kier alpha value is -9.35. The third-order valence-electron chi connectivity index (χ3n) is 20.4. The van der Waals surface area contributed by atoms with Crippen molar-refractivity contribution in [2.45, 2.75) is 370 Å². The van der Waals surface area contributed by atoms with E-state index in [1.165, 1.54) is 73.8 Å². The Morgan fingerprint density at radius 3 is 1.12 bits per heavy atom. The van der Waals surface area contributed by atoms with Crippen LogP contribution in [0.2, 0.25) is 0 Å². The number of hydrogen-bond acceptors (Lipinski definition) is 16. The van der Waals surface area contributed by atoms with E-state index in [2.05, 4.69) is 180 Å². The fraction of sp³-hybridized carbons (Fsp3) is 0.537. The van der Waals surface area contributed by atoms with Gasteiger partial charge in [0.25, 0.3) is 17.1 Å². The second-order valence-corrected chi connectivity index (χ2v) is 35.6. The van der Waals surface area contributed by atoms with Gasteiger partial charge in [0.05, 0.1) is 81.7 Å². The van der Waals surface area contributed by atoms with E-state index in [0.29, 0.717) is 78.1 Å². The van der Waals surface area contributed by atoms with Gasteiger partial charge in [0.1, 0.15) is 17.4 Å². The van der Waals surface area contributed by atoms with E-state index in [9.17, 15) is 24.0 Å². The van der Waals surface area contributed by atoms with Gasteiger partial charge >= 0.3 is 0 Å². The fourth-order valence-corrected chi connectivity index (χ4v) is 15.2. The lowest BCUT2D eigenvalue weighted by Crippen LogP contribution is -2.38. The number of aliphatic carboxylic acids is 1. The number of amides is 2. The molecule has 9 aromatic rings. The van der Waals surface area contributed by atoms with Crippen molar-refractivity contribution in [3.63, 3.8) is 0 Å². The van der Waals surface area contributed by atoms with Crippen LogP contribution in [0.15, 0.2) is 146 Å². The molecule has 7 aromatic carbocycles. The summed E-state index contributed by atoms with van der Waals surface area (Å²) < 4.78 is 4.90.